The van der Waals surface area contributed by atoms with Crippen LogP contribution in [-0.2, 0) is 6.42 Å². The number of nitrogens with zero attached hydrogens (tertiary/aromatic N) is 3. The van der Waals surface area contributed by atoms with E-state index >= 15 is 0 Å². The fourth-order valence-corrected chi connectivity index (χ4v) is 10.4. The van der Waals surface area contributed by atoms with E-state index in [1.54, 1.807) is 0 Å². The second kappa shape index (κ2) is 14.2. The highest BCUT2D eigenvalue weighted by Gasteiger charge is 2.32. The molecule has 3 nitrogen and oxygen atoms in total. The third-order valence-corrected chi connectivity index (χ3v) is 13.4. The number of pyridine rings is 2. The number of hydrogen-bond acceptors (Lipinski definition) is 2. The first-order valence-corrected chi connectivity index (χ1v) is 21.8. The minimum Gasteiger partial charge on any atom is -0.308 e. The lowest BCUT2D eigenvalue weighted by Gasteiger charge is -2.17. The van der Waals surface area contributed by atoms with Gasteiger partial charge < -0.3 is 4.57 Å². The predicted octanol–water partition coefficient (Wildman–Crippen LogP) is 15.0. The van der Waals surface area contributed by atoms with E-state index in [4.69, 9.17) is 4.98 Å². The minimum atomic E-state index is 0.153. The Morgan fingerprint density at radius 1 is 0.397 bits per heavy atom. The highest BCUT2D eigenvalue weighted by molar-refractivity contribution is 6.09. The van der Waals surface area contributed by atoms with Crippen LogP contribution in [-0.4, -0.2) is 14.5 Å². The van der Waals surface area contributed by atoms with Crippen LogP contribution >= 0.6 is 0 Å². The van der Waals surface area contributed by atoms with Crippen LogP contribution in [0, 0.1) is 0 Å². The van der Waals surface area contributed by atoms with E-state index in [1.165, 1.54) is 66.8 Å². The Bertz CT molecular complexity index is 3460. The molecule has 2 aliphatic carbocycles. The molecule has 0 N–H and O–H groups in total. The molecule has 0 radical (unpaired) electrons. The standard InChI is InChI=1S/C60H39N3/c1-3-12-38(13-4-1)40-17-11-18-41(30-40)42-24-28-57-55(33-42)60-58(29-27-56(62-60)47-32-46(36-61-37-47)39-14-5-2-6-15-39)63(57)48-25-26-52-54(35-48)50-20-9-10-21-51(50)59(52)45-23-22-44-31-43-16-7-8-19-49(43)53(44)34-45/h1-30,32-37,59H,31H2. The van der Waals surface area contributed by atoms with Gasteiger partial charge in [0, 0.05) is 40.5 Å². The quantitative estimate of drug-likeness (QED) is 0.168. The van der Waals surface area contributed by atoms with Gasteiger partial charge >= 0.3 is 0 Å². The van der Waals surface area contributed by atoms with Gasteiger partial charge in [-0.05, 0) is 139 Å². The van der Waals surface area contributed by atoms with Gasteiger partial charge in [0.05, 0.1) is 22.2 Å². The molecule has 0 spiro atoms. The van der Waals surface area contributed by atoms with E-state index in [0.29, 0.717) is 0 Å². The zero-order valence-corrected chi connectivity index (χ0v) is 34.4. The molecule has 3 heterocycles. The first-order chi connectivity index (χ1) is 31.2. The van der Waals surface area contributed by atoms with Crippen LogP contribution in [0.5, 0.6) is 0 Å². The van der Waals surface area contributed by atoms with Crippen molar-refractivity contribution in [2.24, 2.45) is 0 Å². The second-order valence-electron chi connectivity index (χ2n) is 16.9. The number of benzene rings is 8. The Kier molecular flexibility index (Phi) is 8.04. The highest BCUT2D eigenvalue weighted by Crippen LogP contribution is 2.50. The Balaban J connectivity index is 0.977. The fourth-order valence-electron chi connectivity index (χ4n) is 10.4. The lowest BCUT2D eigenvalue weighted by molar-refractivity contribution is 1.01. The molecular formula is C60H39N3. The first kappa shape index (κ1) is 35.6. The normalized spacial score (nSPS) is 13.5. The molecule has 0 saturated carbocycles. The average molecular weight is 802 g/mol. The molecule has 3 heteroatoms. The molecule has 0 aliphatic heterocycles. The van der Waals surface area contributed by atoms with Crippen LogP contribution in [0.1, 0.15) is 33.7 Å². The van der Waals surface area contributed by atoms with Crippen LogP contribution in [0.3, 0.4) is 0 Å². The molecule has 8 aromatic carbocycles. The van der Waals surface area contributed by atoms with Crippen LogP contribution in [0.4, 0.5) is 0 Å². The molecule has 294 valence electrons. The fraction of sp³-hybridized carbons (Fsp3) is 0.0333. The minimum absolute atomic E-state index is 0.153. The lowest BCUT2D eigenvalue weighted by Crippen LogP contribution is -2.01. The summed E-state index contributed by atoms with van der Waals surface area (Å²) in [5.41, 5.74) is 25.3. The van der Waals surface area contributed by atoms with Crippen molar-refractivity contribution < 1.29 is 0 Å². The molecular weight excluding hydrogens is 763 g/mol. The van der Waals surface area contributed by atoms with Crippen molar-refractivity contribution in [2.45, 2.75) is 12.3 Å². The van der Waals surface area contributed by atoms with E-state index < -0.39 is 0 Å². The van der Waals surface area contributed by atoms with Crippen molar-refractivity contribution in [3.05, 3.63) is 246 Å². The van der Waals surface area contributed by atoms with Crippen molar-refractivity contribution >= 4 is 21.9 Å². The van der Waals surface area contributed by atoms with Crippen molar-refractivity contribution in [3.63, 3.8) is 0 Å². The number of fused-ring (bicyclic) bond motifs is 9. The van der Waals surface area contributed by atoms with Gasteiger partial charge in [0.15, 0.2) is 0 Å². The lowest BCUT2D eigenvalue weighted by atomic mass is 9.87. The van der Waals surface area contributed by atoms with Gasteiger partial charge in [0.2, 0.25) is 0 Å². The second-order valence-corrected chi connectivity index (χ2v) is 16.9. The van der Waals surface area contributed by atoms with Crippen LogP contribution < -0.4 is 0 Å². The summed E-state index contributed by atoms with van der Waals surface area (Å²) in [6.07, 6.45) is 4.86. The SMILES string of the molecule is c1ccc(-c2cccc(-c3ccc4c(c3)c3nc(-c5cncc(-c6ccccc6)c5)ccc3n4-c3ccc4c(c3)-c3ccccc3C4c3ccc4c(c3)-c3ccccc3C4)c2)cc1. The average Bonchev–Trinajstić information content (AvgIpc) is 4.01. The molecule has 11 aromatic rings. The van der Waals surface area contributed by atoms with Gasteiger partial charge in [-0.2, -0.15) is 0 Å². The molecule has 1 atom stereocenters. The summed E-state index contributed by atoms with van der Waals surface area (Å²) in [6.45, 7) is 0. The summed E-state index contributed by atoms with van der Waals surface area (Å²) in [6, 6.07) is 75.5. The Labute approximate surface area is 366 Å². The maximum Gasteiger partial charge on any atom is 0.0971 e. The van der Waals surface area contributed by atoms with Crippen LogP contribution in [0.25, 0.3) is 94.5 Å². The van der Waals surface area contributed by atoms with E-state index in [0.717, 1.165) is 62.0 Å². The van der Waals surface area contributed by atoms with Crippen molar-refractivity contribution in [1.29, 1.82) is 0 Å². The molecule has 0 bridgehead atoms. The van der Waals surface area contributed by atoms with E-state index in [9.17, 15) is 0 Å². The summed E-state index contributed by atoms with van der Waals surface area (Å²) in [5.74, 6) is 0.153. The monoisotopic (exact) mass is 801 g/mol. The van der Waals surface area contributed by atoms with Gasteiger partial charge in [0.1, 0.15) is 0 Å². The van der Waals surface area contributed by atoms with Crippen molar-refractivity contribution in [2.75, 3.05) is 0 Å². The van der Waals surface area contributed by atoms with Gasteiger partial charge in [0.25, 0.3) is 0 Å². The highest BCUT2D eigenvalue weighted by atomic mass is 15.0. The predicted molar refractivity (Wildman–Crippen MR) is 259 cm³/mol. The smallest absolute Gasteiger partial charge is 0.0971 e. The molecule has 0 amide bonds. The number of rotatable bonds is 6. The van der Waals surface area contributed by atoms with Gasteiger partial charge in [-0.1, -0.05) is 152 Å². The maximum atomic E-state index is 5.50. The molecule has 0 saturated heterocycles. The summed E-state index contributed by atoms with van der Waals surface area (Å²) < 4.78 is 2.41. The van der Waals surface area contributed by atoms with Crippen molar-refractivity contribution in [3.8, 4) is 72.6 Å². The summed E-state index contributed by atoms with van der Waals surface area (Å²) in [7, 11) is 0. The van der Waals surface area contributed by atoms with Gasteiger partial charge in [-0.15, -0.1) is 0 Å². The summed E-state index contributed by atoms with van der Waals surface area (Å²) in [4.78, 5) is 10.2. The van der Waals surface area contributed by atoms with Crippen LogP contribution in [0.15, 0.2) is 219 Å². The zero-order chi connectivity index (χ0) is 41.4. The molecule has 1 unspecified atom stereocenters. The summed E-state index contributed by atoms with van der Waals surface area (Å²) >= 11 is 0. The van der Waals surface area contributed by atoms with Crippen LogP contribution in [0.2, 0.25) is 0 Å². The van der Waals surface area contributed by atoms with Gasteiger partial charge in [-0.25, -0.2) is 4.98 Å². The molecule has 63 heavy (non-hydrogen) atoms. The first-order valence-electron chi connectivity index (χ1n) is 21.8. The third-order valence-electron chi connectivity index (χ3n) is 13.4. The largest absolute Gasteiger partial charge is 0.308 e. The van der Waals surface area contributed by atoms with Gasteiger partial charge in [-0.3, -0.25) is 4.98 Å². The van der Waals surface area contributed by atoms with E-state index in [1.807, 2.05) is 18.5 Å². The third kappa shape index (κ3) is 5.81. The maximum absolute atomic E-state index is 5.50. The topological polar surface area (TPSA) is 30.7 Å². The van der Waals surface area contributed by atoms with E-state index in [-0.39, 0.29) is 5.92 Å². The van der Waals surface area contributed by atoms with E-state index in [2.05, 4.69) is 210 Å². The molecule has 3 aromatic heterocycles. The Morgan fingerprint density at radius 3 is 1.90 bits per heavy atom. The Morgan fingerprint density at radius 2 is 1.05 bits per heavy atom. The molecule has 0 fully saturated rings. The zero-order valence-electron chi connectivity index (χ0n) is 34.4. The number of aromatic nitrogens is 3. The van der Waals surface area contributed by atoms with Crippen molar-refractivity contribution in [1.82, 2.24) is 14.5 Å². The Hall–Kier alpha value is -8.14. The number of hydrogen-bond donors (Lipinski definition) is 0. The molecule has 2 aliphatic rings. The molecule has 13 rings (SSSR count). The summed E-state index contributed by atoms with van der Waals surface area (Å²) in [5, 5.41) is 1.11.